The summed E-state index contributed by atoms with van der Waals surface area (Å²) >= 11 is 1.46. The SMILES string of the molecule is O=C(COC(=O)c1cccc(CN2CCCC2=O)c1)NC(c1ccc(F)cc1)c1cccs1. The van der Waals surface area contributed by atoms with Gasteiger partial charge in [-0.2, -0.15) is 0 Å². The van der Waals surface area contributed by atoms with Gasteiger partial charge in [-0.05, 0) is 53.3 Å². The molecule has 2 amide bonds. The third-order valence-corrected chi connectivity index (χ3v) is 6.32. The number of rotatable bonds is 8. The van der Waals surface area contributed by atoms with Gasteiger partial charge in [0.2, 0.25) is 5.91 Å². The van der Waals surface area contributed by atoms with Crippen molar-refractivity contribution in [3.8, 4) is 0 Å². The standard InChI is InChI=1S/C25H23FN2O4S/c26-20-10-8-18(9-11-20)24(21-6-3-13-33-21)27-22(29)16-32-25(31)19-5-1-4-17(14-19)15-28-12-2-7-23(28)30/h1,3-6,8-11,13-14,24H,2,7,12,15-16H2,(H,27,29). The summed E-state index contributed by atoms with van der Waals surface area (Å²) in [6, 6.07) is 16.0. The number of amides is 2. The number of nitrogens with zero attached hydrogens (tertiary/aromatic N) is 1. The fourth-order valence-electron chi connectivity index (χ4n) is 3.73. The number of thiophene rings is 1. The van der Waals surface area contributed by atoms with Crippen LogP contribution in [0.2, 0.25) is 0 Å². The van der Waals surface area contributed by atoms with Gasteiger partial charge in [0.1, 0.15) is 5.82 Å². The van der Waals surface area contributed by atoms with Crippen molar-refractivity contribution in [2.24, 2.45) is 0 Å². The first kappa shape index (κ1) is 22.7. The maximum absolute atomic E-state index is 13.3. The summed E-state index contributed by atoms with van der Waals surface area (Å²) in [5, 5.41) is 4.74. The molecule has 0 aliphatic carbocycles. The molecule has 8 heteroatoms. The number of halogens is 1. The van der Waals surface area contributed by atoms with E-state index in [1.807, 2.05) is 23.6 Å². The lowest BCUT2D eigenvalue weighted by molar-refractivity contribution is -0.128. The van der Waals surface area contributed by atoms with Gasteiger partial charge in [0, 0.05) is 24.4 Å². The number of carbonyl (C=O) groups excluding carboxylic acids is 3. The van der Waals surface area contributed by atoms with Gasteiger partial charge < -0.3 is 15.0 Å². The highest BCUT2D eigenvalue weighted by Crippen LogP contribution is 2.26. The number of hydrogen-bond acceptors (Lipinski definition) is 5. The van der Waals surface area contributed by atoms with Gasteiger partial charge in [-0.3, -0.25) is 9.59 Å². The first-order chi connectivity index (χ1) is 16.0. The monoisotopic (exact) mass is 466 g/mol. The zero-order valence-corrected chi connectivity index (χ0v) is 18.6. The van der Waals surface area contributed by atoms with Crippen LogP contribution in [0.25, 0.3) is 0 Å². The predicted molar refractivity (Wildman–Crippen MR) is 122 cm³/mol. The van der Waals surface area contributed by atoms with Gasteiger partial charge in [0.15, 0.2) is 6.61 Å². The summed E-state index contributed by atoms with van der Waals surface area (Å²) < 4.78 is 18.5. The van der Waals surface area contributed by atoms with Crippen molar-refractivity contribution >= 4 is 29.1 Å². The second kappa shape index (κ2) is 10.4. The Morgan fingerprint density at radius 2 is 1.94 bits per heavy atom. The highest BCUT2D eigenvalue weighted by Gasteiger charge is 2.21. The van der Waals surface area contributed by atoms with Gasteiger partial charge in [-0.15, -0.1) is 11.3 Å². The number of ether oxygens (including phenoxy) is 1. The van der Waals surface area contributed by atoms with Crippen molar-refractivity contribution in [3.63, 3.8) is 0 Å². The van der Waals surface area contributed by atoms with Crippen LogP contribution in [0, 0.1) is 5.82 Å². The molecule has 0 spiro atoms. The maximum Gasteiger partial charge on any atom is 0.338 e. The van der Waals surface area contributed by atoms with Gasteiger partial charge in [0.25, 0.3) is 5.91 Å². The van der Waals surface area contributed by atoms with Crippen LogP contribution in [0.4, 0.5) is 4.39 Å². The second-order valence-corrected chi connectivity index (χ2v) is 8.74. The molecule has 1 aromatic heterocycles. The van der Waals surface area contributed by atoms with Crippen molar-refractivity contribution in [2.75, 3.05) is 13.2 Å². The first-order valence-electron chi connectivity index (χ1n) is 10.6. The summed E-state index contributed by atoms with van der Waals surface area (Å²) in [4.78, 5) is 39.5. The van der Waals surface area contributed by atoms with E-state index >= 15 is 0 Å². The average molecular weight is 467 g/mol. The fourth-order valence-corrected chi connectivity index (χ4v) is 4.54. The molecule has 1 saturated heterocycles. The van der Waals surface area contributed by atoms with Crippen molar-refractivity contribution in [2.45, 2.75) is 25.4 Å². The Morgan fingerprint density at radius 3 is 2.64 bits per heavy atom. The molecular weight excluding hydrogens is 443 g/mol. The number of carbonyl (C=O) groups is 3. The first-order valence-corrected chi connectivity index (χ1v) is 11.5. The van der Waals surface area contributed by atoms with E-state index in [2.05, 4.69) is 5.32 Å². The zero-order chi connectivity index (χ0) is 23.2. The van der Waals surface area contributed by atoms with E-state index in [0.29, 0.717) is 25.1 Å². The Hall–Kier alpha value is -3.52. The van der Waals surface area contributed by atoms with Gasteiger partial charge >= 0.3 is 5.97 Å². The lowest BCUT2D eigenvalue weighted by Crippen LogP contribution is -2.32. The third kappa shape index (κ3) is 5.84. The van der Waals surface area contributed by atoms with E-state index in [-0.39, 0.29) is 11.7 Å². The normalized spacial score (nSPS) is 14.2. The molecule has 6 nitrogen and oxygen atoms in total. The molecule has 1 unspecified atom stereocenters. The van der Waals surface area contributed by atoms with Gasteiger partial charge in [-0.1, -0.05) is 30.3 Å². The quantitative estimate of drug-likeness (QED) is 0.508. The van der Waals surface area contributed by atoms with Crippen LogP contribution >= 0.6 is 11.3 Å². The molecule has 1 N–H and O–H groups in total. The molecule has 33 heavy (non-hydrogen) atoms. The topological polar surface area (TPSA) is 75.7 Å². The summed E-state index contributed by atoms with van der Waals surface area (Å²) in [5.41, 5.74) is 1.88. The van der Waals surface area contributed by atoms with Crippen LogP contribution in [0.5, 0.6) is 0 Å². The van der Waals surface area contributed by atoms with E-state index in [9.17, 15) is 18.8 Å². The summed E-state index contributed by atoms with van der Waals surface area (Å²) in [6.45, 7) is 0.713. The van der Waals surface area contributed by atoms with Crippen LogP contribution in [-0.2, 0) is 20.9 Å². The summed E-state index contributed by atoms with van der Waals surface area (Å²) in [6.07, 6.45) is 1.40. The fraction of sp³-hybridized carbons (Fsp3) is 0.240. The van der Waals surface area contributed by atoms with Crippen LogP contribution in [0.3, 0.4) is 0 Å². The third-order valence-electron chi connectivity index (χ3n) is 5.38. The molecule has 2 aromatic carbocycles. The Labute approximate surface area is 195 Å². The zero-order valence-electron chi connectivity index (χ0n) is 17.8. The van der Waals surface area contributed by atoms with Crippen LogP contribution in [0.15, 0.2) is 66.0 Å². The molecule has 2 heterocycles. The Kier molecular flexibility index (Phi) is 7.14. The number of esters is 1. The molecule has 4 rings (SSSR count). The molecule has 3 aromatic rings. The molecule has 0 saturated carbocycles. The summed E-state index contributed by atoms with van der Waals surface area (Å²) in [7, 11) is 0. The van der Waals surface area contributed by atoms with Gasteiger partial charge in [0.05, 0.1) is 11.6 Å². The Bertz CT molecular complexity index is 1130. The van der Waals surface area contributed by atoms with Crippen LogP contribution in [-0.4, -0.2) is 35.8 Å². The van der Waals surface area contributed by atoms with Crippen LogP contribution < -0.4 is 5.32 Å². The Morgan fingerprint density at radius 1 is 1.12 bits per heavy atom. The van der Waals surface area contributed by atoms with E-state index in [1.165, 1.54) is 23.5 Å². The van der Waals surface area contributed by atoms with Crippen molar-refractivity contribution in [3.05, 3.63) is 93.4 Å². The lowest BCUT2D eigenvalue weighted by Gasteiger charge is -2.18. The molecule has 1 aliphatic heterocycles. The number of nitrogens with one attached hydrogen (secondary N) is 1. The summed E-state index contributed by atoms with van der Waals surface area (Å²) in [5.74, 6) is -1.33. The predicted octanol–water partition coefficient (Wildman–Crippen LogP) is 4.07. The highest BCUT2D eigenvalue weighted by molar-refractivity contribution is 7.10. The molecule has 0 bridgehead atoms. The lowest BCUT2D eigenvalue weighted by atomic mass is 10.1. The van der Waals surface area contributed by atoms with E-state index in [0.717, 1.165) is 22.4 Å². The van der Waals surface area contributed by atoms with E-state index in [4.69, 9.17) is 4.74 Å². The van der Waals surface area contributed by atoms with Crippen molar-refractivity contribution < 1.29 is 23.5 Å². The molecule has 1 fully saturated rings. The minimum Gasteiger partial charge on any atom is -0.452 e. The minimum absolute atomic E-state index is 0.112. The average Bonchev–Trinajstić information content (AvgIpc) is 3.49. The Balaban J connectivity index is 1.36. The van der Waals surface area contributed by atoms with Gasteiger partial charge in [-0.25, -0.2) is 9.18 Å². The molecular formula is C25H23FN2O4S. The number of hydrogen-bond donors (Lipinski definition) is 1. The largest absolute Gasteiger partial charge is 0.452 e. The molecule has 1 atom stereocenters. The number of benzene rings is 2. The van der Waals surface area contributed by atoms with E-state index in [1.54, 1.807) is 35.2 Å². The van der Waals surface area contributed by atoms with Crippen molar-refractivity contribution in [1.29, 1.82) is 0 Å². The molecule has 1 aliphatic rings. The number of likely N-dealkylation sites (tertiary alicyclic amines) is 1. The molecule has 170 valence electrons. The second-order valence-electron chi connectivity index (χ2n) is 7.76. The molecule has 0 radical (unpaired) electrons. The van der Waals surface area contributed by atoms with Crippen LogP contribution in [0.1, 0.15) is 45.2 Å². The highest BCUT2D eigenvalue weighted by atomic mass is 32.1. The minimum atomic E-state index is -0.616. The van der Waals surface area contributed by atoms with E-state index < -0.39 is 24.5 Å². The smallest absolute Gasteiger partial charge is 0.338 e. The van der Waals surface area contributed by atoms with Crippen molar-refractivity contribution in [1.82, 2.24) is 10.2 Å². The maximum atomic E-state index is 13.3.